The topological polar surface area (TPSA) is 96.3 Å². The molecule has 0 spiro atoms. The van der Waals surface area contributed by atoms with Gasteiger partial charge < -0.3 is 15.7 Å². The van der Waals surface area contributed by atoms with Gasteiger partial charge in [0.25, 0.3) is 0 Å². The van der Waals surface area contributed by atoms with Crippen LogP contribution in [-0.2, 0) is 11.8 Å². The third-order valence-electron chi connectivity index (χ3n) is 2.57. The molecule has 7 heteroatoms. The van der Waals surface area contributed by atoms with Gasteiger partial charge in [-0.2, -0.15) is 5.10 Å². The summed E-state index contributed by atoms with van der Waals surface area (Å²) in [6, 6.07) is -1.43. The largest absolute Gasteiger partial charge is 0.480 e. The van der Waals surface area contributed by atoms with Crippen LogP contribution < -0.4 is 10.6 Å². The monoisotopic (exact) mass is 268 g/mol. The summed E-state index contributed by atoms with van der Waals surface area (Å²) < 4.78 is 1.58. The van der Waals surface area contributed by atoms with Crippen molar-refractivity contribution in [3.63, 3.8) is 0 Å². The number of aryl methyl sites for hydroxylation is 2. The SMILES string of the molecule is Cc1nn(C)cc1NC(=O)N[C@H](CC(C)C)C(=O)O. The van der Waals surface area contributed by atoms with Gasteiger partial charge in [0.2, 0.25) is 0 Å². The molecule has 0 aliphatic heterocycles. The van der Waals surface area contributed by atoms with E-state index in [-0.39, 0.29) is 5.92 Å². The first-order chi connectivity index (χ1) is 8.79. The van der Waals surface area contributed by atoms with E-state index in [4.69, 9.17) is 5.11 Å². The lowest BCUT2D eigenvalue weighted by atomic mass is 10.0. The second-order valence-electron chi connectivity index (χ2n) is 4.92. The van der Waals surface area contributed by atoms with Crippen LogP contribution in [0.25, 0.3) is 0 Å². The van der Waals surface area contributed by atoms with E-state index in [9.17, 15) is 9.59 Å². The minimum atomic E-state index is -1.04. The van der Waals surface area contributed by atoms with Crippen molar-refractivity contribution in [3.05, 3.63) is 11.9 Å². The smallest absolute Gasteiger partial charge is 0.326 e. The Balaban J connectivity index is 2.62. The summed E-state index contributed by atoms with van der Waals surface area (Å²) in [5.74, 6) is -0.853. The predicted molar refractivity (Wildman–Crippen MR) is 71.0 cm³/mol. The highest BCUT2D eigenvalue weighted by atomic mass is 16.4. The summed E-state index contributed by atoms with van der Waals surface area (Å²) in [6.45, 7) is 5.57. The van der Waals surface area contributed by atoms with Crippen molar-refractivity contribution in [3.8, 4) is 0 Å². The first-order valence-corrected chi connectivity index (χ1v) is 6.10. The molecule has 1 aromatic heterocycles. The van der Waals surface area contributed by atoms with E-state index in [1.54, 1.807) is 24.9 Å². The van der Waals surface area contributed by atoms with Gasteiger partial charge in [-0.05, 0) is 19.3 Å². The number of hydrogen-bond acceptors (Lipinski definition) is 3. The highest BCUT2D eigenvalue weighted by Gasteiger charge is 2.21. The van der Waals surface area contributed by atoms with Crippen molar-refractivity contribution in [2.24, 2.45) is 13.0 Å². The average molecular weight is 268 g/mol. The van der Waals surface area contributed by atoms with E-state index in [1.165, 1.54) is 0 Å². The number of carboxylic acid groups (broad SMARTS) is 1. The Kier molecular flexibility index (Phi) is 4.91. The number of nitrogens with zero attached hydrogens (tertiary/aromatic N) is 2. The van der Waals surface area contributed by atoms with E-state index < -0.39 is 18.0 Å². The number of amides is 2. The summed E-state index contributed by atoms with van der Waals surface area (Å²) in [7, 11) is 1.74. The fraction of sp³-hybridized carbons (Fsp3) is 0.583. The van der Waals surface area contributed by atoms with Crippen molar-refractivity contribution in [2.75, 3.05) is 5.32 Å². The number of urea groups is 1. The molecule has 0 unspecified atom stereocenters. The van der Waals surface area contributed by atoms with Crippen molar-refractivity contribution >= 4 is 17.7 Å². The molecule has 0 saturated carbocycles. The molecule has 0 aromatic carbocycles. The summed E-state index contributed by atoms with van der Waals surface area (Å²) in [5, 5.41) is 18.2. The van der Waals surface area contributed by atoms with Gasteiger partial charge in [0.15, 0.2) is 0 Å². The highest BCUT2D eigenvalue weighted by molar-refractivity contribution is 5.92. The van der Waals surface area contributed by atoms with Crippen LogP contribution in [0.15, 0.2) is 6.20 Å². The van der Waals surface area contributed by atoms with Crippen LogP contribution in [0.2, 0.25) is 0 Å². The fourth-order valence-corrected chi connectivity index (χ4v) is 1.73. The molecule has 1 heterocycles. The average Bonchev–Trinajstić information content (AvgIpc) is 2.55. The molecule has 19 heavy (non-hydrogen) atoms. The van der Waals surface area contributed by atoms with Crippen LogP contribution in [-0.4, -0.2) is 32.9 Å². The molecule has 0 fully saturated rings. The number of carbonyl (C=O) groups excluding carboxylic acids is 1. The number of hydrogen-bond donors (Lipinski definition) is 3. The molecule has 0 aliphatic rings. The first-order valence-electron chi connectivity index (χ1n) is 6.10. The maximum Gasteiger partial charge on any atom is 0.326 e. The molecule has 1 atom stereocenters. The molecule has 2 amide bonds. The molecule has 0 bridgehead atoms. The third-order valence-corrected chi connectivity index (χ3v) is 2.57. The quantitative estimate of drug-likeness (QED) is 0.751. The molecule has 1 aromatic rings. The van der Waals surface area contributed by atoms with Gasteiger partial charge in [0.1, 0.15) is 6.04 Å². The van der Waals surface area contributed by atoms with E-state index >= 15 is 0 Å². The van der Waals surface area contributed by atoms with Gasteiger partial charge in [-0.3, -0.25) is 4.68 Å². The highest BCUT2D eigenvalue weighted by Crippen LogP contribution is 2.11. The van der Waals surface area contributed by atoms with Crippen LogP contribution in [0.4, 0.5) is 10.5 Å². The van der Waals surface area contributed by atoms with Crippen molar-refractivity contribution < 1.29 is 14.7 Å². The second kappa shape index (κ2) is 6.21. The lowest BCUT2D eigenvalue weighted by Gasteiger charge is -2.16. The Morgan fingerprint density at radius 2 is 2.11 bits per heavy atom. The van der Waals surface area contributed by atoms with Gasteiger partial charge in [0, 0.05) is 13.2 Å². The zero-order valence-corrected chi connectivity index (χ0v) is 11.6. The number of rotatable bonds is 5. The molecule has 106 valence electrons. The third kappa shape index (κ3) is 4.61. The first kappa shape index (κ1) is 15.0. The van der Waals surface area contributed by atoms with Gasteiger partial charge in [0.05, 0.1) is 11.4 Å². The molecule has 0 radical (unpaired) electrons. The fourth-order valence-electron chi connectivity index (χ4n) is 1.73. The number of carbonyl (C=O) groups is 2. The number of aromatic nitrogens is 2. The summed E-state index contributed by atoms with van der Waals surface area (Å²) in [6.07, 6.45) is 2.04. The summed E-state index contributed by atoms with van der Waals surface area (Å²) in [5.41, 5.74) is 1.24. The lowest BCUT2D eigenvalue weighted by molar-refractivity contribution is -0.139. The normalized spacial score (nSPS) is 12.3. The number of nitrogens with one attached hydrogen (secondary N) is 2. The Hall–Kier alpha value is -2.05. The molecular formula is C12H20N4O3. The van der Waals surface area contributed by atoms with Crippen molar-refractivity contribution in [2.45, 2.75) is 33.2 Å². The maximum atomic E-state index is 11.7. The summed E-state index contributed by atoms with van der Waals surface area (Å²) in [4.78, 5) is 22.8. The Labute approximate surface area is 112 Å². The van der Waals surface area contributed by atoms with Gasteiger partial charge in [-0.1, -0.05) is 13.8 Å². The van der Waals surface area contributed by atoms with Crippen molar-refractivity contribution in [1.82, 2.24) is 15.1 Å². The number of carboxylic acids is 1. The number of anilines is 1. The van der Waals surface area contributed by atoms with Crippen LogP contribution in [0, 0.1) is 12.8 Å². The second-order valence-corrected chi connectivity index (χ2v) is 4.92. The Bertz CT molecular complexity index is 468. The van der Waals surface area contributed by atoms with Crippen LogP contribution >= 0.6 is 0 Å². The van der Waals surface area contributed by atoms with E-state index in [0.29, 0.717) is 17.8 Å². The zero-order chi connectivity index (χ0) is 14.6. The zero-order valence-electron chi connectivity index (χ0n) is 11.6. The van der Waals surface area contributed by atoms with E-state index in [1.807, 2.05) is 13.8 Å². The van der Waals surface area contributed by atoms with Gasteiger partial charge in [-0.15, -0.1) is 0 Å². The Morgan fingerprint density at radius 1 is 1.47 bits per heavy atom. The molecule has 0 saturated heterocycles. The van der Waals surface area contributed by atoms with Crippen LogP contribution in [0.3, 0.4) is 0 Å². The van der Waals surface area contributed by atoms with Gasteiger partial charge >= 0.3 is 12.0 Å². The minimum absolute atomic E-state index is 0.182. The molecule has 1 rings (SSSR count). The lowest BCUT2D eigenvalue weighted by Crippen LogP contribution is -2.43. The van der Waals surface area contributed by atoms with E-state index in [2.05, 4.69) is 15.7 Å². The summed E-state index contributed by atoms with van der Waals surface area (Å²) >= 11 is 0. The Morgan fingerprint density at radius 3 is 2.53 bits per heavy atom. The maximum absolute atomic E-state index is 11.7. The molecule has 3 N–H and O–H groups in total. The van der Waals surface area contributed by atoms with Crippen LogP contribution in [0.1, 0.15) is 26.0 Å². The molecular weight excluding hydrogens is 248 g/mol. The molecule has 7 nitrogen and oxygen atoms in total. The van der Waals surface area contributed by atoms with Gasteiger partial charge in [-0.25, -0.2) is 9.59 Å². The number of aliphatic carboxylic acids is 1. The van der Waals surface area contributed by atoms with Crippen molar-refractivity contribution in [1.29, 1.82) is 0 Å². The minimum Gasteiger partial charge on any atom is -0.480 e. The molecule has 0 aliphatic carbocycles. The van der Waals surface area contributed by atoms with Crippen LogP contribution in [0.5, 0.6) is 0 Å². The van der Waals surface area contributed by atoms with E-state index in [0.717, 1.165) is 0 Å². The standard InChI is InChI=1S/C12H20N4O3/c1-7(2)5-9(11(17)18)13-12(19)14-10-6-16(4)15-8(10)3/h6-7,9H,5H2,1-4H3,(H,17,18)(H2,13,14,19)/t9-/m1/s1. The predicted octanol–water partition coefficient (Wildman–Crippen LogP) is 1.35.